The molecule has 0 aliphatic carbocycles. The Morgan fingerprint density at radius 1 is 1.53 bits per heavy atom. The zero-order valence-electron chi connectivity index (χ0n) is 11.5. The highest BCUT2D eigenvalue weighted by atomic mass is 16.2. The molecule has 19 heavy (non-hydrogen) atoms. The summed E-state index contributed by atoms with van der Waals surface area (Å²) in [6.45, 7) is 5.93. The van der Waals surface area contributed by atoms with Crippen LogP contribution in [-0.4, -0.2) is 46.5 Å². The third-order valence-corrected chi connectivity index (χ3v) is 3.24. The molecule has 0 saturated carbocycles. The van der Waals surface area contributed by atoms with Gasteiger partial charge in [-0.2, -0.15) is 0 Å². The van der Waals surface area contributed by atoms with Crippen molar-refractivity contribution in [2.45, 2.75) is 32.7 Å². The van der Waals surface area contributed by atoms with Crippen molar-refractivity contribution in [2.75, 3.05) is 25.0 Å². The Labute approximate surface area is 113 Å². The molecule has 1 atom stereocenters. The van der Waals surface area contributed by atoms with E-state index in [0.717, 1.165) is 36.8 Å². The quantitative estimate of drug-likeness (QED) is 0.799. The second kappa shape index (κ2) is 5.97. The summed E-state index contributed by atoms with van der Waals surface area (Å²) in [4.78, 5) is 22.2. The normalized spacial score (nSPS) is 19.0. The fourth-order valence-electron chi connectivity index (χ4n) is 2.36. The van der Waals surface area contributed by atoms with Gasteiger partial charge in [0, 0.05) is 37.7 Å². The average Bonchev–Trinajstić information content (AvgIpc) is 2.69. The summed E-state index contributed by atoms with van der Waals surface area (Å²) in [5.74, 6) is 1.71. The van der Waals surface area contributed by atoms with Crippen LogP contribution in [0.4, 0.5) is 5.82 Å². The second-order valence-electron chi connectivity index (χ2n) is 4.81. The minimum atomic E-state index is 0.132. The van der Waals surface area contributed by atoms with Crippen molar-refractivity contribution in [3.63, 3.8) is 0 Å². The van der Waals surface area contributed by atoms with E-state index >= 15 is 0 Å². The third kappa shape index (κ3) is 3.41. The number of carbonyl (C=O) groups excluding carboxylic acids is 1. The summed E-state index contributed by atoms with van der Waals surface area (Å²) in [6.07, 6.45) is 1.27. The number of aryl methyl sites for hydroxylation is 1. The standard InChI is InChI=1S/C13H21N5O/c1-3-18-8-11(7-13(18)19)17-12-6-10(4-5-14)15-9(2)16-12/h6,11H,3-5,7-8,14H2,1-2H3,(H,15,16,17). The van der Waals surface area contributed by atoms with E-state index in [1.54, 1.807) is 0 Å². The Balaban J connectivity index is 2.05. The Hall–Kier alpha value is -1.69. The van der Waals surface area contributed by atoms with Gasteiger partial charge in [0.1, 0.15) is 11.6 Å². The molecule has 104 valence electrons. The first-order valence-electron chi connectivity index (χ1n) is 6.71. The first-order valence-corrected chi connectivity index (χ1v) is 6.71. The van der Waals surface area contributed by atoms with Gasteiger partial charge in [-0.25, -0.2) is 9.97 Å². The maximum Gasteiger partial charge on any atom is 0.224 e. The van der Waals surface area contributed by atoms with E-state index in [2.05, 4.69) is 15.3 Å². The Morgan fingerprint density at radius 3 is 2.95 bits per heavy atom. The maximum atomic E-state index is 11.7. The topological polar surface area (TPSA) is 84.1 Å². The van der Waals surface area contributed by atoms with Crippen molar-refractivity contribution in [2.24, 2.45) is 5.73 Å². The second-order valence-corrected chi connectivity index (χ2v) is 4.81. The van der Waals surface area contributed by atoms with Crippen LogP contribution in [0.15, 0.2) is 6.07 Å². The minimum Gasteiger partial charge on any atom is -0.365 e. The minimum absolute atomic E-state index is 0.132. The average molecular weight is 263 g/mol. The highest BCUT2D eigenvalue weighted by molar-refractivity contribution is 5.79. The smallest absolute Gasteiger partial charge is 0.224 e. The molecule has 1 aromatic heterocycles. The summed E-state index contributed by atoms with van der Waals surface area (Å²) < 4.78 is 0. The molecule has 0 spiro atoms. The van der Waals surface area contributed by atoms with Crippen LogP contribution in [0.1, 0.15) is 24.9 Å². The number of hydrogen-bond donors (Lipinski definition) is 2. The SMILES string of the molecule is CCN1CC(Nc2cc(CCN)nc(C)n2)CC1=O. The molecule has 1 unspecified atom stereocenters. The fraction of sp³-hybridized carbons (Fsp3) is 0.615. The van der Waals surface area contributed by atoms with Crippen LogP contribution in [0.25, 0.3) is 0 Å². The molecular weight excluding hydrogens is 242 g/mol. The predicted octanol–water partition coefficient (Wildman–Crippen LogP) is 0.319. The summed E-state index contributed by atoms with van der Waals surface area (Å²) >= 11 is 0. The molecule has 0 radical (unpaired) electrons. The molecule has 2 rings (SSSR count). The van der Waals surface area contributed by atoms with Gasteiger partial charge >= 0.3 is 0 Å². The van der Waals surface area contributed by atoms with Crippen LogP contribution in [0.2, 0.25) is 0 Å². The molecule has 1 amide bonds. The van der Waals surface area contributed by atoms with E-state index in [0.29, 0.717) is 13.0 Å². The Morgan fingerprint density at radius 2 is 2.32 bits per heavy atom. The molecule has 6 heteroatoms. The largest absolute Gasteiger partial charge is 0.365 e. The zero-order valence-corrected chi connectivity index (χ0v) is 11.5. The van der Waals surface area contributed by atoms with Crippen LogP contribution in [-0.2, 0) is 11.2 Å². The molecule has 2 heterocycles. The Bertz CT molecular complexity index is 462. The molecule has 1 aliphatic heterocycles. The molecule has 1 aromatic rings. The van der Waals surface area contributed by atoms with Crippen molar-refractivity contribution in [3.8, 4) is 0 Å². The number of likely N-dealkylation sites (N-methyl/N-ethyl adjacent to an activating group) is 1. The van der Waals surface area contributed by atoms with Gasteiger partial charge in [-0.05, 0) is 20.4 Å². The summed E-state index contributed by atoms with van der Waals surface area (Å²) in [6, 6.07) is 2.05. The lowest BCUT2D eigenvalue weighted by atomic mass is 10.2. The molecule has 1 aliphatic rings. The van der Waals surface area contributed by atoms with Gasteiger partial charge in [-0.3, -0.25) is 4.79 Å². The van der Waals surface area contributed by atoms with Crippen LogP contribution < -0.4 is 11.1 Å². The first kappa shape index (κ1) is 13.7. The van der Waals surface area contributed by atoms with Crippen molar-refractivity contribution >= 4 is 11.7 Å². The summed E-state index contributed by atoms with van der Waals surface area (Å²) in [5.41, 5.74) is 6.49. The summed E-state index contributed by atoms with van der Waals surface area (Å²) in [7, 11) is 0. The Kier molecular flexibility index (Phi) is 4.31. The number of hydrogen-bond acceptors (Lipinski definition) is 5. The number of anilines is 1. The van der Waals surface area contributed by atoms with E-state index < -0.39 is 0 Å². The predicted molar refractivity (Wildman–Crippen MR) is 73.8 cm³/mol. The van der Waals surface area contributed by atoms with Crippen molar-refractivity contribution in [1.82, 2.24) is 14.9 Å². The molecule has 0 bridgehead atoms. The maximum absolute atomic E-state index is 11.7. The highest BCUT2D eigenvalue weighted by Gasteiger charge is 2.28. The fourth-order valence-corrected chi connectivity index (χ4v) is 2.36. The van der Waals surface area contributed by atoms with Gasteiger partial charge in [0.15, 0.2) is 0 Å². The van der Waals surface area contributed by atoms with E-state index in [1.165, 1.54) is 0 Å². The highest BCUT2D eigenvalue weighted by Crippen LogP contribution is 2.16. The van der Waals surface area contributed by atoms with E-state index in [1.807, 2.05) is 24.8 Å². The number of aromatic nitrogens is 2. The zero-order chi connectivity index (χ0) is 13.8. The van der Waals surface area contributed by atoms with Crippen molar-refractivity contribution < 1.29 is 4.79 Å². The van der Waals surface area contributed by atoms with E-state index in [9.17, 15) is 4.79 Å². The van der Waals surface area contributed by atoms with Crippen LogP contribution in [0.5, 0.6) is 0 Å². The van der Waals surface area contributed by atoms with Gasteiger partial charge in [0.05, 0.1) is 6.04 Å². The molecule has 3 N–H and O–H groups in total. The molecule has 1 fully saturated rings. The van der Waals surface area contributed by atoms with Crippen molar-refractivity contribution in [1.29, 1.82) is 0 Å². The molecule has 6 nitrogen and oxygen atoms in total. The van der Waals surface area contributed by atoms with Gasteiger partial charge < -0.3 is 16.0 Å². The molecular formula is C13H21N5O. The molecule has 1 saturated heterocycles. The van der Waals surface area contributed by atoms with Gasteiger partial charge in [-0.1, -0.05) is 0 Å². The van der Waals surface area contributed by atoms with Gasteiger partial charge in [0.2, 0.25) is 5.91 Å². The summed E-state index contributed by atoms with van der Waals surface area (Å²) in [5, 5.41) is 3.32. The van der Waals surface area contributed by atoms with Gasteiger partial charge in [0.25, 0.3) is 0 Å². The van der Waals surface area contributed by atoms with Gasteiger partial charge in [-0.15, -0.1) is 0 Å². The number of carbonyl (C=O) groups is 1. The lowest BCUT2D eigenvalue weighted by molar-refractivity contribution is -0.127. The molecule has 0 aromatic carbocycles. The lowest BCUT2D eigenvalue weighted by Gasteiger charge is -2.15. The first-order chi connectivity index (χ1) is 9.12. The van der Waals surface area contributed by atoms with Crippen molar-refractivity contribution in [3.05, 3.63) is 17.6 Å². The van der Waals surface area contributed by atoms with Crippen LogP contribution in [0, 0.1) is 6.92 Å². The number of nitrogens with one attached hydrogen (secondary N) is 1. The van der Waals surface area contributed by atoms with Crippen LogP contribution >= 0.6 is 0 Å². The van der Waals surface area contributed by atoms with E-state index in [-0.39, 0.29) is 11.9 Å². The monoisotopic (exact) mass is 263 g/mol. The van der Waals surface area contributed by atoms with E-state index in [4.69, 9.17) is 5.73 Å². The number of nitrogens with two attached hydrogens (primary N) is 1. The van der Waals surface area contributed by atoms with Crippen LogP contribution in [0.3, 0.4) is 0 Å². The lowest BCUT2D eigenvalue weighted by Crippen LogP contribution is -2.27. The third-order valence-electron chi connectivity index (χ3n) is 3.24. The number of amides is 1. The number of nitrogens with zero attached hydrogens (tertiary/aromatic N) is 3. The number of rotatable bonds is 5. The number of likely N-dealkylation sites (tertiary alicyclic amines) is 1.